The zero-order valence-corrected chi connectivity index (χ0v) is 23.0. The fraction of sp³-hybridized carbons (Fsp3) is 0.379. The van der Waals surface area contributed by atoms with Crippen LogP contribution in [-0.2, 0) is 10.4 Å². The highest BCUT2D eigenvalue weighted by atomic mass is 35.5. The summed E-state index contributed by atoms with van der Waals surface area (Å²) < 4.78 is 6.38. The van der Waals surface area contributed by atoms with Gasteiger partial charge in [-0.15, -0.1) is 16.7 Å². The summed E-state index contributed by atoms with van der Waals surface area (Å²) in [5.74, 6) is 1.70. The maximum absolute atomic E-state index is 11.8. The minimum absolute atomic E-state index is 0.0839. The first-order valence-electron chi connectivity index (χ1n) is 14.1. The molecule has 0 unspecified atom stereocenters. The molecule has 1 radical (unpaired) electrons. The largest absolute Gasteiger partial charge is 0.553 e. The van der Waals surface area contributed by atoms with Crippen molar-refractivity contribution < 1.29 is 14.5 Å². The molecule has 1 aromatic carbocycles. The molecule has 2 N–H and O–H groups in total. The molecular weight excluding hydrogens is 525 g/mol. The molecule has 2 aromatic heterocycles. The third-order valence-corrected chi connectivity index (χ3v) is 8.67. The average Bonchev–Trinajstić information content (AvgIpc) is 3.79. The lowest BCUT2D eigenvalue weighted by atomic mass is 9.91. The smallest absolute Gasteiger partial charge is 0.383 e. The molecule has 2 fully saturated rings. The average molecular weight is 556 g/mol. The van der Waals surface area contributed by atoms with Crippen LogP contribution in [0.3, 0.4) is 0 Å². The summed E-state index contributed by atoms with van der Waals surface area (Å²) in [4.78, 5) is 14.1. The van der Waals surface area contributed by atoms with Gasteiger partial charge in [-0.1, -0.05) is 30.2 Å². The van der Waals surface area contributed by atoms with E-state index in [4.69, 9.17) is 11.6 Å². The number of aliphatic hydroxyl groups is 1. The highest BCUT2D eigenvalue weighted by Gasteiger charge is 2.41. The molecule has 9 nitrogen and oxygen atoms in total. The first kappa shape index (κ1) is 25.3. The molecule has 11 heteroatoms. The number of fused-ring (bicyclic) bond motifs is 2. The molecular formula is C29H31BClN7O2+. The fourth-order valence-electron chi connectivity index (χ4n) is 6.35. The fourth-order valence-corrected chi connectivity index (χ4v) is 6.42. The van der Waals surface area contributed by atoms with Gasteiger partial charge in [-0.25, -0.2) is 4.68 Å². The molecule has 1 aliphatic carbocycles. The van der Waals surface area contributed by atoms with Crippen LogP contribution in [0.4, 0.5) is 5.69 Å². The Morgan fingerprint density at radius 3 is 2.58 bits per heavy atom. The van der Waals surface area contributed by atoms with Crippen LogP contribution >= 0.6 is 11.6 Å². The van der Waals surface area contributed by atoms with Crippen molar-refractivity contribution in [1.82, 2.24) is 24.3 Å². The minimum atomic E-state index is -0.897. The highest BCUT2D eigenvalue weighted by molar-refractivity contribution is 6.40. The number of rotatable bonds is 5. The van der Waals surface area contributed by atoms with E-state index in [1.807, 2.05) is 36.5 Å². The third-order valence-electron chi connectivity index (χ3n) is 8.43. The summed E-state index contributed by atoms with van der Waals surface area (Å²) in [6.45, 7) is 2.08. The molecule has 7 rings (SSSR count). The number of nitrogens with one attached hydrogen (secondary N) is 1. The Bertz CT molecular complexity index is 1550. The standard InChI is InChI=1S/C29H30BClN7O2/c31-18-25(39)32-21-8-6-20(7-9-21)28-22-10-12-26(35-16-4-1-5-17-35)37(22)30-38-23(28)11-13-27(38)36-19-24(33-34-36)29(40)14-2-3-15-29/h6-13,19,40H,1-5,14-18H2/p+1. The van der Waals surface area contributed by atoms with E-state index in [-0.39, 0.29) is 11.8 Å². The van der Waals surface area contributed by atoms with Gasteiger partial charge in [-0.2, -0.15) is 0 Å². The van der Waals surface area contributed by atoms with Crippen LogP contribution in [0.5, 0.6) is 0 Å². The molecule has 5 heterocycles. The van der Waals surface area contributed by atoms with Crippen molar-refractivity contribution in [3.05, 3.63) is 77.4 Å². The number of amides is 1. The molecule has 0 bridgehead atoms. The number of amidine groups is 1. The molecule has 0 atom stereocenters. The summed E-state index contributed by atoms with van der Waals surface area (Å²) in [6, 6.07) is 12.0. The van der Waals surface area contributed by atoms with Crippen molar-refractivity contribution in [2.45, 2.75) is 50.5 Å². The van der Waals surface area contributed by atoms with Crippen LogP contribution < -0.4 is 5.32 Å². The Kier molecular flexibility index (Phi) is 6.39. The van der Waals surface area contributed by atoms with Crippen molar-refractivity contribution in [3.8, 4) is 5.82 Å². The van der Waals surface area contributed by atoms with Crippen LogP contribution in [0.25, 0.3) is 11.4 Å². The number of hydrogen-bond donors (Lipinski definition) is 2. The molecule has 203 valence electrons. The monoisotopic (exact) mass is 555 g/mol. The van der Waals surface area contributed by atoms with Crippen molar-refractivity contribution in [2.24, 2.45) is 0 Å². The lowest BCUT2D eigenvalue weighted by molar-refractivity contribution is -0.539. The van der Waals surface area contributed by atoms with Gasteiger partial charge in [-0.05, 0) is 68.0 Å². The van der Waals surface area contributed by atoms with Gasteiger partial charge >= 0.3 is 7.55 Å². The van der Waals surface area contributed by atoms with Crippen molar-refractivity contribution in [1.29, 1.82) is 0 Å². The predicted molar refractivity (Wildman–Crippen MR) is 155 cm³/mol. The van der Waals surface area contributed by atoms with Gasteiger partial charge in [0.1, 0.15) is 28.7 Å². The second-order valence-electron chi connectivity index (χ2n) is 11.0. The Balaban J connectivity index is 1.32. The first-order valence-corrected chi connectivity index (χ1v) is 14.6. The van der Waals surface area contributed by atoms with Gasteiger partial charge in [0, 0.05) is 23.0 Å². The normalized spacial score (nSPS) is 19.6. The van der Waals surface area contributed by atoms with Crippen LogP contribution in [-0.4, -0.2) is 72.2 Å². The second-order valence-corrected chi connectivity index (χ2v) is 11.2. The van der Waals surface area contributed by atoms with Gasteiger partial charge in [0.15, 0.2) is 0 Å². The van der Waals surface area contributed by atoms with E-state index in [2.05, 4.69) is 55.3 Å². The molecule has 3 aliphatic heterocycles. The number of carbonyl (C=O) groups is 1. The predicted octanol–water partition coefficient (Wildman–Crippen LogP) is 3.63. The number of benzene rings is 1. The van der Waals surface area contributed by atoms with E-state index in [0.29, 0.717) is 11.4 Å². The Hall–Kier alpha value is -3.63. The van der Waals surface area contributed by atoms with E-state index in [0.717, 1.165) is 67.1 Å². The van der Waals surface area contributed by atoms with E-state index in [1.165, 1.54) is 25.1 Å². The molecule has 40 heavy (non-hydrogen) atoms. The summed E-state index contributed by atoms with van der Waals surface area (Å²) >= 11 is 5.68. The number of alkyl halides is 1. The van der Waals surface area contributed by atoms with Gasteiger partial charge in [0.05, 0.1) is 19.3 Å². The number of halogens is 1. The van der Waals surface area contributed by atoms with Gasteiger partial charge in [0.2, 0.25) is 5.91 Å². The summed E-state index contributed by atoms with van der Waals surface area (Å²) in [7, 11) is 2.13. The quantitative estimate of drug-likeness (QED) is 0.285. The van der Waals surface area contributed by atoms with Gasteiger partial charge in [0.25, 0.3) is 5.84 Å². The minimum Gasteiger partial charge on any atom is -0.383 e. The number of anilines is 1. The molecule has 0 spiro atoms. The first-order chi connectivity index (χ1) is 19.5. The van der Waals surface area contributed by atoms with E-state index in [9.17, 15) is 9.90 Å². The van der Waals surface area contributed by atoms with Crippen LogP contribution in [0.2, 0.25) is 0 Å². The van der Waals surface area contributed by atoms with Crippen molar-refractivity contribution in [2.75, 3.05) is 24.3 Å². The summed E-state index contributed by atoms with van der Waals surface area (Å²) in [5, 5.41) is 22.8. The van der Waals surface area contributed by atoms with Crippen LogP contribution in [0, 0.1) is 0 Å². The van der Waals surface area contributed by atoms with Gasteiger partial charge < -0.3 is 14.9 Å². The number of piperidine rings is 1. The number of hydrogen-bond acceptors (Lipinski definition) is 4. The second kappa shape index (κ2) is 10.1. The topological polar surface area (TPSA) is 91.2 Å². The van der Waals surface area contributed by atoms with Crippen molar-refractivity contribution in [3.63, 3.8) is 0 Å². The third kappa shape index (κ3) is 4.30. The highest BCUT2D eigenvalue weighted by Crippen LogP contribution is 2.39. The maximum atomic E-state index is 11.8. The lowest BCUT2D eigenvalue weighted by Crippen LogP contribution is -2.43. The zero-order valence-electron chi connectivity index (χ0n) is 22.3. The maximum Gasteiger partial charge on any atom is 0.553 e. The van der Waals surface area contributed by atoms with E-state index in [1.54, 1.807) is 4.68 Å². The Labute approximate surface area is 238 Å². The Morgan fingerprint density at radius 1 is 1.05 bits per heavy atom. The van der Waals surface area contributed by atoms with E-state index >= 15 is 0 Å². The summed E-state index contributed by atoms with van der Waals surface area (Å²) in [6.07, 6.45) is 13.4. The van der Waals surface area contributed by atoms with Crippen molar-refractivity contribution >= 4 is 42.2 Å². The number of aromatic nitrogens is 4. The molecule has 1 saturated carbocycles. The number of nitrogens with zero attached hydrogens (tertiary/aromatic N) is 6. The lowest BCUT2D eigenvalue weighted by Gasteiger charge is -2.27. The number of carbonyl (C=O) groups excluding carboxylic acids is 1. The molecule has 4 aliphatic rings. The van der Waals surface area contributed by atoms with Crippen LogP contribution in [0.1, 0.15) is 61.9 Å². The van der Waals surface area contributed by atoms with Gasteiger partial charge in [-0.3, -0.25) is 14.2 Å². The SMILES string of the molecule is O=C(CCl)Nc1ccc(C2=C3C=CC(=[N+]4CCCCC4)N3[B]n3c2ccc3-n2cc(C3(O)CCCC3)nn2)cc1. The Morgan fingerprint density at radius 2 is 1.82 bits per heavy atom. The van der Waals surface area contributed by atoms with Crippen LogP contribution in [0.15, 0.2) is 60.4 Å². The molecule has 1 saturated heterocycles. The van der Waals surface area contributed by atoms with E-state index < -0.39 is 5.60 Å². The zero-order chi connectivity index (χ0) is 27.3. The number of allylic oxidation sites excluding steroid dienone is 1. The summed E-state index contributed by atoms with van der Waals surface area (Å²) in [5.41, 5.74) is 4.69. The molecule has 1 amide bonds. The molecule has 3 aromatic rings.